The van der Waals surface area contributed by atoms with E-state index in [1.165, 1.54) is 23.6 Å². The van der Waals surface area contributed by atoms with Crippen LogP contribution in [0.15, 0.2) is 35.2 Å². The molecule has 1 aromatic carbocycles. The van der Waals surface area contributed by atoms with Gasteiger partial charge in [-0.2, -0.15) is 4.31 Å². The molecule has 5 aliphatic rings. The first-order chi connectivity index (χ1) is 13.9. The quantitative estimate of drug-likeness (QED) is 0.790. The van der Waals surface area contributed by atoms with Crippen molar-refractivity contribution < 1.29 is 13.2 Å². The van der Waals surface area contributed by atoms with Gasteiger partial charge in [0.05, 0.1) is 4.90 Å². The molecule has 0 atom stereocenters. The van der Waals surface area contributed by atoms with E-state index >= 15 is 0 Å². The molecule has 0 radical (unpaired) electrons. The molecule has 2 amide bonds. The number of piperidine rings is 1. The van der Waals surface area contributed by atoms with E-state index in [2.05, 4.69) is 10.6 Å². The van der Waals surface area contributed by atoms with Gasteiger partial charge >= 0.3 is 6.03 Å². The van der Waals surface area contributed by atoms with E-state index in [1.54, 1.807) is 24.3 Å². The van der Waals surface area contributed by atoms with E-state index in [-0.39, 0.29) is 17.6 Å². The van der Waals surface area contributed by atoms with Gasteiger partial charge in [-0.05, 0) is 81.3 Å². The molecule has 5 fully saturated rings. The number of benzene rings is 1. The van der Waals surface area contributed by atoms with E-state index in [4.69, 9.17) is 0 Å². The molecule has 0 spiro atoms. The summed E-state index contributed by atoms with van der Waals surface area (Å²) in [6.07, 6.45) is 8.80. The summed E-state index contributed by atoms with van der Waals surface area (Å²) in [5.41, 5.74) is 0.0101. The highest BCUT2D eigenvalue weighted by molar-refractivity contribution is 7.89. The number of urea groups is 1. The average Bonchev–Trinajstić information content (AvgIpc) is 2.67. The Morgan fingerprint density at radius 3 is 2.03 bits per heavy atom. The second-order valence-electron chi connectivity index (χ2n) is 9.79. The fourth-order valence-electron chi connectivity index (χ4n) is 6.71. The lowest BCUT2D eigenvalue weighted by Gasteiger charge is -2.56. The topological polar surface area (TPSA) is 78.5 Å². The van der Waals surface area contributed by atoms with Crippen molar-refractivity contribution in [3.05, 3.63) is 30.3 Å². The predicted octanol–water partition coefficient (Wildman–Crippen LogP) is 3.11. The van der Waals surface area contributed by atoms with Crippen LogP contribution >= 0.6 is 0 Å². The van der Waals surface area contributed by atoms with Gasteiger partial charge in [-0.1, -0.05) is 18.2 Å². The van der Waals surface area contributed by atoms with Crippen molar-refractivity contribution in [3.8, 4) is 0 Å². The number of amides is 2. The molecule has 29 heavy (non-hydrogen) atoms. The zero-order valence-corrected chi connectivity index (χ0v) is 17.7. The molecule has 1 heterocycles. The molecular formula is C22H31N3O3S. The van der Waals surface area contributed by atoms with Crippen LogP contribution < -0.4 is 10.6 Å². The van der Waals surface area contributed by atoms with Crippen LogP contribution in [0.3, 0.4) is 0 Å². The maximum absolute atomic E-state index is 12.8. The summed E-state index contributed by atoms with van der Waals surface area (Å²) in [5, 5.41) is 6.49. The van der Waals surface area contributed by atoms with E-state index in [1.807, 2.05) is 6.07 Å². The second kappa shape index (κ2) is 7.27. The first-order valence-corrected chi connectivity index (χ1v) is 12.5. The Hall–Kier alpha value is -1.60. The van der Waals surface area contributed by atoms with Crippen LogP contribution in [0.1, 0.15) is 51.4 Å². The number of hydrogen-bond acceptors (Lipinski definition) is 3. The molecule has 4 aliphatic carbocycles. The summed E-state index contributed by atoms with van der Waals surface area (Å²) in [6.45, 7) is 0.888. The summed E-state index contributed by atoms with van der Waals surface area (Å²) < 4.78 is 27.1. The molecule has 0 unspecified atom stereocenters. The SMILES string of the molecule is O=C(NC1CCN(S(=O)(=O)c2ccccc2)CC1)NC12CC3CC(CC(C3)C1)C2. The summed E-state index contributed by atoms with van der Waals surface area (Å²) in [5.74, 6) is 2.40. The Balaban J connectivity index is 1.15. The predicted molar refractivity (Wildman–Crippen MR) is 111 cm³/mol. The minimum atomic E-state index is -3.45. The molecule has 4 bridgehead atoms. The van der Waals surface area contributed by atoms with Crippen LogP contribution in [0, 0.1) is 17.8 Å². The zero-order chi connectivity index (χ0) is 20.1. The lowest BCUT2D eigenvalue weighted by Crippen LogP contribution is -2.62. The molecule has 4 saturated carbocycles. The van der Waals surface area contributed by atoms with E-state index < -0.39 is 10.0 Å². The molecule has 6 rings (SSSR count). The van der Waals surface area contributed by atoms with Crippen molar-refractivity contribution in [3.63, 3.8) is 0 Å². The van der Waals surface area contributed by atoms with Crippen LogP contribution in [0.5, 0.6) is 0 Å². The fraction of sp³-hybridized carbons (Fsp3) is 0.682. The number of hydrogen-bond donors (Lipinski definition) is 2. The lowest BCUT2D eigenvalue weighted by molar-refractivity contribution is -0.0137. The van der Waals surface area contributed by atoms with Gasteiger partial charge in [0.1, 0.15) is 0 Å². The minimum absolute atomic E-state index is 0.0101. The molecule has 6 nitrogen and oxygen atoms in total. The third kappa shape index (κ3) is 3.79. The summed E-state index contributed by atoms with van der Waals surface area (Å²) >= 11 is 0. The number of rotatable bonds is 4. The van der Waals surface area contributed by atoms with Gasteiger partial charge in [-0.3, -0.25) is 0 Å². The normalized spacial score (nSPS) is 34.8. The number of carbonyl (C=O) groups excluding carboxylic acids is 1. The van der Waals surface area contributed by atoms with Crippen molar-refractivity contribution in [2.45, 2.75) is 67.8 Å². The first kappa shape index (κ1) is 19.4. The highest BCUT2D eigenvalue weighted by Crippen LogP contribution is 2.55. The zero-order valence-electron chi connectivity index (χ0n) is 16.8. The molecule has 158 valence electrons. The Labute approximate surface area is 173 Å². The van der Waals surface area contributed by atoms with Crippen molar-refractivity contribution in [2.75, 3.05) is 13.1 Å². The number of sulfonamides is 1. The van der Waals surface area contributed by atoms with Crippen LogP contribution in [0.2, 0.25) is 0 Å². The van der Waals surface area contributed by atoms with Crippen LogP contribution in [-0.4, -0.2) is 43.4 Å². The van der Waals surface area contributed by atoms with Crippen molar-refractivity contribution in [1.29, 1.82) is 0 Å². The lowest BCUT2D eigenvalue weighted by atomic mass is 9.53. The third-order valence-corrected chi connectivity index (χ3v) is 9.50. The second-order valence-corrected chi connectivity index (χ2v) is 11.7. The third-order valence-electron chi connectivity index (χ3n) is 7.59. The summed E-state index contributed by atoms with van der Waals surface area (Å²) in [7, 11) is -3.45. The first-order valence-electron chi connectivity index (χ1n) is 11.1. The Bertz CT molecular complexity index is 827. The van der Waals surface area contributed by atoms with Gasteiger partial charge in [0, 0.05) is 24.7 Å². The highest BCUT2D eigenvalue weighted by atomic mass is 32.2. The van der Waals surface area contributed by atoms with Gasteiger partial charge < -0.3 is 10.6 Å². The van der Waals surface area contributed by atoms with Crippen LogP contribution in [0.25, 0.3) is 0 Å². The van der Waals surface area contributed by atoms with Gasteiger partial charge in [0.15, 0.2) is 0 Å². The molecule has 2 N–H and O–H groups in total. The van der Waals surface area contributed by atoms with Gasteiger partial charge in [0.2, 0.25) is 10.0 Å². The van der Waals surface area contributed by atoms with Crippen molar-refractivity contribution in [1.82, 2.24) is 14.9 Å². The summed E-state index contributed by atoms with van der Waals surface area (Å²) in [4.78, 5) is 13.1. The van der Waals surface area contributed by atoms with Gasteiger partial charge in [-0.25, -0.2) is 13.2 Å². The largest absolute Gasteiger partial charge is 0.335 e. The van der Waals surface area contributed by atoms with Gasteiger partial charge in [0.25, 0.3) is 0 Å². The minimum Gasteiger partial charge on any atom is -0.335 e. The van der Waals surface area contributed by atoms with Crippen molar-refractivity contribution in [2.24, 2.45) is 17.8 Å². The number of carbonyl (C=O) groups is 1. The monoisotopic (exact) mass is 417 g/mol. The van der Waals surface area contributed by atoms with E-state index in [0.29, 0.717) is 30.8 Å². The van der Waals surface area contributed by atoms with Crippen LogP contribution in [-0.2, 0) is 10.0 Å². The number of nitrogens with one attached hydrogen (secondary N) is 2. The molecule has 1 aliphatic heterocycles. The maximum atomic E-state index is 12.8. The van der Waals surface area contributed by atoms with E-state index in [9.17, 15) is 13.2 Å². The smallest absolute Gasteiger partial charge is 0.315 e. The fourth-order valence-corrected chi connectivity index (χ4v) is 8.20. The average molecular weight is 418 g/mol. The van der Waals surface area contributed by atoms with E-state index in [0.717, 1.165) is 37.0 Å². The molecule has 7 heteroatoms. The molecule has 1 saturated heterocycles. The maximum Gasteiger partial charge on any atom is 0.315 e. The van der Waals surface area contributed by atoms with Crippen LogP contribution in [0.4, 0.5) is 4.79 Å². The molecule has 0 aromatic heterocycles. The highest BCUT2D eigenvalue weighted by Gasteiger charge is 2.51. The molecule has 1 aromatic rings. The standard InChI is InChI=1S/C22H31N3O3S/c26-21(24-22-13-16-10-17(14-22)12-18(11-16)15-22)23-19-6-8-25(9-7-19)29(27,28)20-4-2-1-3-5-20/h1-5,16-19H,6-15H2,(H2,23,24,26). The number of nitrogens with zero attached hydrogens (tertiary/aromatic N) is 1. The summed E-state index contributed by atoms with van der Waals surface area (Å²) in [6, 6.07) is 8.56. The van der Waals surface area contributed by atoms with Crippen molar-refractivity contribution >= 4 is 16.1 Å². The Morgan fingerprint density at radius 2 is 1.48 bits per heavy atom. The Morgan fingerprint density at radius 1 is 0.931 bits per heavy atom. The molecular weight excluding hydrogens is 386 g/mol. The Kier molecular flexibility index (Phi) is 4.86. The van der Waals surface area contributed by atoms with Gasteiger partial charge in [-0.15, -0.1) is 0 Å².